The largest absolute Gasteiger partial charge is 0.455 e. The Hall–Kier alpha value is -7.10. The Bertz CT molecular complexity index is 3170. The van der Waals surface area contributed by atoms with Crippen LogP contribution in [0, 0.1) is 0 Å². The van der Waals surface area contributed by atoms with Crippen LogP contribution in [0.5, 0.6) is 0 Å². The maximum absolute atomic E-state index is 6.82. The van der Waals surface area contributed by atoms with Gasteiger partial charge in [-0.3, -0.25) is 0 Å². The van der Waals surface area contributed by atoms with Gasteiger partial charge >= 0.3 is 0 Å². The molecule has 0 fully saturated rings. The molecule has 0 aliphatic carbocycles. The predicted octanol–water partition coefficient (Wildman–Crippen LogP) is 14.1. The molecule has 0 bridgehead atoms. The van der Waals surface area contributed by atoms with Crippen molar-refractivity contribution in [2.24, 2.45) is 0 Å². The number of anilines is 3. The first kappa shape index (κ1) is 29.6. The van der Waals surface area contributed by atoms with E-state index < -0.39 is 0 Å². The molecule has 2 heterocycles. The fourth-order valence-electron chi connectivity index (χ4n) is 8.38. The lowest BCUT2D eigenvalue weighted by Gasteiger charge is -2.27. The quantitative estimate of drug-likeness (QED) is 0.181. The zero-order chi connectivity index (χ0) is 34.9. The minimum absolute atomic E-state index is 0.885. The molecule has 0 spiro atoms. The van der Waals surface area contributed by atoms with Crippen molar-refractivity contribution in [3.05, 3.63) is 194 Å². The number of furan rings is 1. The van der Waals surface area contributed by atoms with Crippen molar-refractivity contribution >= 4 is 82.4 Å². The molecule has 9 aromatic carbocycles. The normalized spacial score (nSPS) is 11.8. The topological polar surface area (TPSA) is 21.3 Å². The molecular weight excluding hydrogens is 645 g/mol. The van der Waals surface area contributed by atoms with Crippen LogP contribution < -0.4 is 4.90 Å². The standard InChI is InChI=1S/C50H32N2O/c1-3-15-36(16-4-1)51(38-27-25-33-13-7-8-14-34(33)31-38)45-24-12-21-42-41(45)28-30-48-49(42)43-22-11-20-39(50(43)53-48)35-26-29-47-44(32-35)40-19-9-10-23-46(40)52(47)37-17-5-2-6-18-37/h1-32H. The van der Waals surface area contributed by atoms with E-state index in [2.05, 4.69) is 204 Å². The molecule has 0 amide bonds. The van der Waals surface area contributed by atoms with Crippen LogP contribution in [0.15, 0.2) is 199 Å². The molecule has 3 nitrogen and oxygen atoms in total. The van der Waals surface area contributed by atoms with Gasteiger partial charge in [0.1, 0.15) is 11.2 Å². The lowest BCUT2D eigenvalue weighted by atomic mass is 9.98. The third-order valence-electron chi connectivity index (χ3n) is 10.7. The van der Waals surface area contributed by atoms with E-state index in [-0.39, 0.29) is 0 Å². The van der Waals surface area contributed by atoms with Gasteiger partial charge in [0.05, 0.1) is 16.7 Å². The number of benzene rings is 9. The molecule has 248 valence electrons. The van der Waals surface area contributed by atoms with Crippen molar-refractivity contribution in [2.45, 2.75) is 0 Å². The molecule has 3 heteroatoms. The van der Waals surface area contributed by atoms with Gasteiger partial charge in [-0.15, -0.1) is 0 Å². The summed E-state index contributed by atoms with van der Waals surface area (Å²) in [5.74, 6) is 0. The molecule has 0 saturated carbocycles. The minimum Gasteiger partial charge on any atom is -0.455 e. The summed E-state index contributed by atoms with van der Waals surface area (Å²) in [4.78, 5) is 2.37. The van der Waals surface area contributed by atoms with E-state index in [1.807, 2.05) is 0 Å². The van der Waals surface area contributed by atoms with Crippen LogP contribution in [0.3, 0.4) is 0 Å². The SMILES string of the molecule is c1ccc(N(c2ccc3ccccc3c2)c2cccc3c2ccc2oc4c(-c5ccc6c(c5)c5ccccc5n6-c5ccccc5)cccc4c23)cc1. The van der Waals surface area contributed by atoms with Crippen molar-refractivity contribution in [2.75, 3.05) is 4.90 Å². The summed E-state index contributed by atoms with van der Waals surface area (Å²) in [6.07, 6.45) is 0. The fraction of sp³-hybridized carbons (Fsp3) is 0. The Balaban J connectivity index is 1.11. The van der Waals surface area contributed by atoms with Crippen LogP contribution in [0.1, 0.15) is 0 Å². The molecule has 53 heavy (non-hydrogen) atoms. The molecule has 2 aromatic heterocycles. The zero-order valence-corrected chi connectivity index (χ0v) is 28.8. The summed E-state index contributed by atoms with van der Waals surface area (Å²) in [7, 11) is 0. The second-order valence-corrected chi connectivity index (χ2v) is 13.7. The number of hydrogen-bond donors (Lipinski definition) is 0. The van der Waals surface area contributed by atoms with E-state index in [0.717, 1.165) is 55.8 Å². The van der Waals surface area contributed by atoms with E-state index in [1.165, 1.54) is 43.4 Å². The van der Waals surface area contributed by atoms with Crippen molar-refractivity contribution < 1.29 is 4.42 Å². The molecular formula is C50H32N2O. The molecule has 0 aliphatic heterocycles. The highest BCUT2D eigenvalue weighted by molar-refractivity contribution is 6.23. The second kappa shape index (κ2) is 11.7. The van der Waals surface area contributed by atoms with Crippen LogP contribution in [0.2, 0.25) is 0 Å². The Morgan fingerprint density at radius 3 is 2.02 bits per heavy atom. The summed E-state index contributed by atoms with van der Waals surface area (Å²) in [6.45, 7) is 0. The van der Waals surface area contributed by atoms with Crippen molar-refractivity contribution in [1.29, 1.82) is 0 Å². The van der Waals surface area contributed by atoms with E-state index in [0.29, 0.717) is 0 Å². The summed E-state index contributed by atoms with van der Waals surface area (Å²) in [5.41, 5.74) is 10.9. The minimum atomic E-state index is 0.885. The molecule has 0 radical (unpaired) electrons. The van der Waals surface area contributed by atoms with E-state index in [4.69, 9.17) is 4.42 Å². The Morgan fingerprint density at radius 2 is 1.13 bits per heavy atom. The zero-order valence-electron chi connectivity index (χ0n) is 28.8. The van der Waals surface area contributed by atoms with Gasteiger partial charge in [0.15, 0.2) is 0 Å². The fourth-order valence-corrected chi connectivity index (χ4v) is 8.38. The van der Waals surface area contributed by atoms with Crippen LogP contribution >= 0.6 is 0 Å². The monoisotopic (exact) mass is 676 g/mol. The Labute approximate surface area is 306 Å². The van der Waals surface area contributed by atoms with Gasteiger partial charge in [0.25, 0.3) is 0 Å². The smallest absolute Gasteiger partial charge is 0.143 e. The van der Waals surface area contributed by atoms with Gasteiger partial charge in [-0.05, 0) is 94.5 Å². The van der Waals surface area contributed by atoms with Crippen LogP contribution in [0.4, 0.5) is 17.1 Å². The Morgan fingerprint density at radius 1 is 0.415 bits per heavy atom. The molecule has 11 rings (SSSR count). The second-order valence-electron chi connectivity index (χ2n) is 13.7. The average Bonchev–Trinajstić information content (AvgIpc) is 3.78. The van der Waals surface area contributed by atoms with Crippen molar-refractivity contribution in [3.8, 4) is 16.8 Å². The molecule has 0 saturated heterocycles. The van der Waals surface area contributed by atoms with Crippen molar-refractivity contribution in [3.63, 3.8) is 0 Å². The van der Waals surface area contributed by atoms with E-state index >= 15 is 0 Å². The first-order valence-electron chi connectivity index (χ1n) is 18.1. The van der Waals surface area contributed by atoms with Crippen molar-refractivity contribution in [1.82, 2.24) is 4.57 Å². The number of fused-ring (bicyclic) bond motifs is 9. The maximum atomic E-state index is 6.82. The predicted molar refractivity (Wildman–Crippen MR) is 223 cm³/mol. The summed E-state index contributed by atoms with van der Waals surface area (Å²) >= 11 is 0. The lowest BCUT2D eigenvalue weighted by molar-refractivity contribution is 0.670. The molecule has 0 N–H and O–H groups in total. The molecule has 0 aliphatic rings. The summed E-state index contributed by atoms with van der Waals surface area (Å²) < 4.78 is 9.18. The van der Waals surface area contributed by atoms with Crippen LogP contribution in [-0.2, 0) is 0 Å². The number of rotatable bonds is 5. The first-order valence-corrected chi connectivity index (χ1v) is 18.1. The van der Waals surface area contributed by atoms with E-state index in [9.17, 15) is 0 Å². The van der Waals surface area contributed by atoms with E-state index in [1.54, 1.807) is 0 Å². The molecule has 0 atom stereocenters. The third kappa shape index (κ3) is 4.61. The highest BCUT2D eigenvalue weighted by atomic mass is 16.3. The number of aromatic nitrogens is 1. The third-order valence-corrected chi connectivity index (χ3v) is 10.7. The van der Waals surface area contributed by atoms with Crippen LogP contribution in [0.25, 0.3) is 82.1 Å². The summed E-state index contributed by atoms with van der Waals surface area (Å²) in [5, 5.41) is 9.48. The van der Waals surface area contributed by atoms with Gasteiger partial charge < -0.3 is 13.9 Å². The van der Waals surface area contributed by atoms with Gasteiger partial charge in [-0.1, -0.05) is 121 Å². The summed E-state index contributed by atoms with van der Waals surface area (Å²) in [6, 6.07) is 69.6. The van der Waals surface area contributed by atoms with Gasteiger partial charge in [0.2, 0.25) is 0 Å². The van der Waals surface area contributed by atoms with Gasteiger partial charge in [0, 0.05) is 49.6 Å². The van der Waals surface area contributed by atoms with Crippen LogP contribution in [-0.4, -0.2) is 4.57 Å². The number of para-hydroxylation sites is 4. The average molecular weight is 677 g/mol. The highest BCUT2D eigenvalue weighted by Gasteiger charge is 2.20. The number of nitrogens with zero attached hydrogens (tertiary/aromatic N) is 2. The molecule has 0 unspecified atom stereocenters. The Kier molecular flexibility index (Phi) is 6.55. The van der Waals surface area contributed by atoms with Gasteiger partial charge in [-0.2, -0.15) is 0 Å². The first-order chi connectivity index (χ1) is 26.3. The number of hydrogen-bond acceptors (Lipinski definition) is 2. The molecule has 11 aromatic rings. The van der Waals surface area contributed by atoms with Gasteiger partial charge in [-0.25, -0.2) is 0 Å². The highest BCUT2D eigenvalue weighted by Crippen LogP contribution is 2.45. The lowest BCUT2D eigenvalue weighted by Crippen LogP contribution is -2.10. The maximum Gasteiger partial charge on any atom is 0.143 e.